The second kappa shape index (κ2) is 7.82. The highest BCUT2D eigenvalue weighted by Gasteiger charge is 2.17. The SMILES string of the molecule is N#CC(C#N)=CNc1ccccc1C(=O)NCC1CCCO1. The number of ether oxygens (including phenoxy) is 1. The fraction of sp³-hybridized carbons (Fsp3) is 0.312. The molecule has 1 unspecified atom stereocenters. The second-order valence-electron chi connectivity index (χ2n) is 4.82. The molecule has 6 nitrogen and oxygen atoms in total. The van der Waals surface area contributed by atoms with E-state index in [1.54, 1.807) is 36.4 Å². The van der Waals surface area contributed by atoms with Crippen LogP contribution in [0.2, 0.25) is 0 Å². The fourth-order valence-corrected chi connectivity index (χ4v) is 2.15. The van der Waals surface area contributed by atoms with Crippen molar-refractivity contribution in [3.8, 4) is 12.1 Å². The molecule has 1 aliphatic rings. The van der Waals surface area contributed by atoms with Gasteiger partial charge < -0.3 is 15.4 Å². The number of carbonyl (C=O) groups is 1. The summed E-state index contributed by atoms with van der Waals surface area (Å²) in [5, 5.41) is 23.1. The van der Waals surface area contributed by atoms with Gasteiger partial charge in [0.25, 0.3) is 5.91 Å². The van der Waals surface area contributed by atoms with Crippen molar-refractivity contribution in [3.05, 3.63) is 41.6 Å². The maximum atomic E-state index is 12.2. The molecule has 112 valence electrons. The van der Waals surface area contributed by atoms with Gasteiger partial charge in [-0.2, -0.15) is 10.5 Å². The number of benzene rings is 1. The smallest absolute Gasteiger partial charge is 0.253 e. The van der Waals surface area contributed by atoms with Crippen molar-refractivity contribution in [1.82, 2.24) is 5.32 Å². The van der Waals surface area contributed by atoms with E-state index < -0.39 is 0 Å². The normalized spacial score (nSPS) is 16.2. The van der Waals surface area contributed by atoms with Crippen molar-refractivity contribution >= 4 is 11.6 Å². The Balaban J connectivity index is 2.04. The summed E-state index contributed by atoms with van der Waals surface area (Å²) in [4.78, 5) is 12.2. The van der Waals surface area contributed by atoms with Crippen LogP contribution >= 0.6 is 0 Å². The van der Waals surface area contributed by atoms with Crippen molar-refractivity contribution in [2.24, 2.45) is 0 Å². The summed E-state index contributed by atoms with van der Waals surface area (Å²) < 4.78 is 5.47. The van der Waals surface area contributed by atoms with E-state index >= 15 is 0 Å². The maximum Gasteiger partial charge on any atom is 0.253 e. The first kappa shape index (κ1) is 15.6. The number of amides is 1. The molecular weight excluding hydrogens is 280 g/mol. The molecule has 0 aromatic heterocycles. The van der Waals surface area contributed by atoms with Gasteiger partial charge in [0.05, 0.1) is 17.4 Å². The monoisotopic (exact) mass is 296 g/mol. The highest BCUT2D eigenvalue weighted by molar-refractivity contribution is 5.99. The molecule has 0 spiro atoms. The average Bonchev–Trinajstić information content (AvgIpc) is 3.07. The van der Waals surface area contributed by atoms with Gasteiger partial charge in [-0.05, 0) is 25.0 Å². The highest BCUT2D eigenvalue weighted by Crippen LogP contribution is 2.16. The lowest BCUT2D eigenvalue weighted by molar-refractivity contribution is 0.0858. The molecule has 6 heteroatoms. The van der Waals surface area contributed by atoms with Crippen LogP contribution in [0.25, 0.3) is 0 Å². The molecule has 0 saturated carbocycles. The fourth-order valence-electron chi connectivity index (χ4n) is 2.15. The van der Waals surface area contributed by atoms with Crippen LogP contribution in [-0.2, 0) is 4.74 Å². The molecule has 1 heterocycles. The summed E-state index contributed by atoms with van der Waals surface area (Å²) in [5.41, 5.74) is 0.928. The van der Waals surface area contributed by atoms with Gasteiger partial charge >= 0.3 is 0 Å². The Kier molecular flexibility index (Phi) is 5.53. The lowest BCUT2D eigenvalue weighted by Crippen LogP contribution is -2.32. The number of rotatable bonds is 5. The minimum atomic E-state index is -0.220. The number of nitrogens with zero attached hydrogens (tertiary/aromatic N) is 2. The minimum Gasteiger partial charge on any atom is -0.376 e. The van der Waals surface area contributed by atoms with Crippen molar-refractivity contribution in [2.45, 2.75) is 18.9 Å². The van der Waals surface area contributed by atoms with Crippen LogP contribution in [-0.4, -0.2) is 25.2 Å². The zero-order chi connectivity index (χ0) is 15.8. The van der Waals surface area contributed by atoms with E-state index in [0.717, 1.165) is 19.4 Å². The van der Waals surface area contributed by atoms with Gasteiger partial charge in [0.1, 0.15) is 17.7 Å². The molecule has 1 aromatic rings. The van der Waals surface area contributed by atoms with Crippen LogP contribution in [0.15, 0.2) is 36.0 Å². The van der Waals surface area contributed by atoms with Crippen LogP contribution in [0.4, 0.5) is 5.69 Å². The van der Waals surface area contributed by atoms with Crippen LogP contribution < -0.4 is 10.6 Å². The third-order valence-electron chi connectivity index (χ3n) is 3.30. The Hall–Kier alpha value is -2.83. The maximum absolute atomic E-state index is 12.2. The molecule has 1 amide bonds. The van der Waals surface area contributed by atoms with Gasteiger partial charge in [-0.1, -0.05) is 12.1 Å². The van der Waals surface area contributed by atoms with Crippen LogP contribution in [0.1, 0.15) is 23.2 Å². The molecule has 0 aliphatic carbocycles. The average molecular weight is 296 g/mol. The standard InChI is InChI=1S/C16H16N4O2/c17-8-12(9-18)10-19-15-6-2-1-5-14(15)16(21)20-11-13-4-3-7-22-13/h1-2,5-6,10,13,19H,3-4,7,11H2,(H,20,21). The Bertz CT molecular complexity index is 633. The second-order valence-corrected chi connectivity index (χ2v) is 4.82. The number of allylic oxidation sites excluding steroid dienone is 1. The minimum absolute atomic E-state index is 0.0606. The van der Waals surface area contributed by atoms with E-state index in [-0.39, 0.29) is 17.6 Å². The third-order valence-corrected chi connectivity index (χ3v) is 3.30. The number of para-hydroxylation sites is 1. The molecule has 1 atom stereocenters. The van der Waals surface area contributed by atoms with Crippen molar-refractivity contribution in [3.63, 3.8) is 0 Å². The van der Waals surface area contributed by atoms with Crippen LogP contribution in [0.3, 0.4) is 0 Å². The Morgan fingerprint density at radius 2 is 2.14 bits per heavy atom. The lowest BCUT2D eigenvalue weighted by Gasteiger charge is -2.13. The van der Waals surface area contributed by atoms with Gasteiger partial charge in [-0.15, -0.1) is 0 Å². The molecule has 1 aromatic carbocycles. The number of nitrogens with one attached hydrogen (secondary N) is 2. The van der Waals surface area contributed by atoms with E-state index in [2.05, 4.69) is 10.6 Å². The van der Waals surface area contributed by atoms with Gasteiger partial charge in [0, 0.05) is 19.4 Å². The Labute approximate surface area is 129 Å². The zero-order valence-electron chi connectivity index (χ0n) is 12.0. The summed E-state index contributed by atoms with van der Waals surface area (Å²) in [5.74, 6) is -0.220. The molecule has 22 heavy (non-hydrogen) atoms. The van der Waals surface area contributed by atoms with Crippen molar-refractivity contribution in [1.29, 1.82) is 10.5 Å². The lowest BCUT2D eigenvalue weighted by atomic mass is 10.1. The quantitative estimate of drug-likeness (QED) is 0.809. The van der Waals surface area contributed by atoms with E-state index in [0.29, 0.717) is 17.8 Å². The molecule has 1 saturated heterocycles. The predicted molar refractivity (Wildman–Crippen MR) is 80.7 cm³/mol. The molecule has 0 bridgehead atoms. The van der Waals surface area contributed by atoms with E-state index in [1.807, 2.05) is 0 Å². The number of hydrogen-bond acceptors (Lipinski definition) is 5. The van der Waals surface area contributed by atoms with Crippen molar-refractivity contribution < 1.29 is 9.53 Å². The first-order valence-corrected chi connectivity index (χ1v) is 7.00. The van der Waals surface area contributed by atoms with E-state index in [1.165, 1.54) is 6.20 Å². The van der Waals surface area contributed by atoms with Gasteiger partial charge in [0.15, 0.2) is 0 Å². The predicted octanol–water partition coefficient (Wildman–Crippen LogP) is 1.94. The summed E-state index contributed by atoms with van der Waals surface area (Å²) in [6.45, 7) is 1.22. The molecule has 2 rings (SSSR count). The van der Waals surface area contributed by atoms with Gasteiger partial charge in [0.2, 0.25) is 0 Å². The summed E-state index contributed by atoms with van der Waals surface area (Å²) in [6.07, 6.45) is 3.34. The Morgan fingerprint density at radius 1 is 1.36 bits per heavy atom. The number of nitriles is 2. The summed E-state index contributed by atoms with van der Waals surface area (Å²) in [7, 11) is 0. The van der Waals surface area contributed by atoms with E-state index in [9.17, 15) is 4.79 Å². The molecular formula is C16H16N4O2. The third kappa shape index (κ3) is 4.08. The van der Waals surface area contributed by atoms with Gasteiger partial charge in [-0.25, -0.2) is 0 Å². The zero-order valence-corrected chi connectivity index (χ0v) is 12.0. The summed E-state index contributed by atoms with van der Waals surface area (Å²) >= 11 is 0. The molecule has 0 radical (unpaired) electrons. The largest absolute Gasteiger partial charge is 0.376 e. The number of anilines is 1. The van der Waals surface area contributed by atoms with Gasteiger partial charge in [-0.3, -0.25) is 4.79 Å². The summed E-state index contributed by atoms with van der Waals surface area (Å²) in [6, 6.07) is 10.4. The first-order valence-electron chi connectivity index (χ1n) is 7.00. The van der Waals surface area contributed by atoms with E-state index in [4.69, 9.17) is 15.3 Å². The topological polar surface area (TPSA) is 97.9 Å². The molecule has 2 N–H and O–H groups in total. The first-order chi connectivity index (χ1) is 10.7. The van der Waals surface area contributed by atoms with Crippen molar-refractivity contribution in [2.75, 3.05) is 18.5 Å². The molecule has 1 fully saturated rings. The number of hydrogen-bond donors (Lipinski definition) is 2. The Morgan fingerprint density at radius 3 is 2.82 bits per heavy atom. The molecule has 1 aliphatic heterocycles. The van der Waals surface area contributed by atoms with Crippen LogP contribution in [0, 0.1) is 22.7 Å². The highest BCUT2D eigenvalue weighted by atomic mass is 16.5. The number of carbonyl (C=O) groups excluding carboxylic acids is 1. The van der Waals surface area contributed by atoms with Crippen LogP contribution in [0.5, 0.6) is 0 Å².